The van der Waals surface area contributed by atoms with Crippen LogP contribution in [0.3, 0.4) is 0 Å². The Morgan fingerprint density at radius 3 is 2.67 bits per heavy atom. The second kappa shape index (κ2) is 5.79. The Hall–Kier alpha value is -1.99. The van der Waals surface area contributed by atoms with Gasteiger partial charge in [-0.2, -0.15) is 0 Å². The van der Waals surface area contributed by atoms with Crippen LogP contribution in [0.1, 0.15) is 0 Å². The number of nitro groups is 1. The maximum absolute atomic E-state index is 12.1. The topological polar surface area (TPSA) is 87.5 Å². The first-order valence-corrected chi connectivity index (χ1v) is 7.10. The van der Waals surface area contributed by atoms with Gasteiger partial charge in [-0.15, -0.1) is 0 Å². The van der Waals surface area contributed by atoms with Crippen LogP contribution in [-0.4, -0.2) is 48.5 Å². The number of hydrogen-bond acceptors (Lipinski definition) is 5. The minimum absolute atomic E-state index is 0.0756. The van der Waals surface area contributed by atoms with Crippen molar-refractivity contribution in [2.24, 2.45) is 11.8 Å². The van der Waals surface area contributed by atoms with Crippen LogP contribution in [0.25, 0.3) is 0 Å². The molecule has 2 N–H and O–H groups in total. The number of nitrogens with one attached hydrogen (secondary N) is 2. The summed E-state index contributed by atoms with van der Waals surface area (Å²) >= 11 is 0. The minimum atomic E-state index is -0.485. The van der Waals surface area contributed by atoms with E-state index in [0.29, 0.717) is 18.4 Å². The second-order valence-corrected chi connectivity index (χ2v) is 5.69. The number of benzene rings is 1. The summed E-state index contributed by atoms with van der Waals surface area (Å²) in [5, 5.41) is 16.9. The van der Waals surface area contributed by atoms with E-state index in [1.54, 1.807) is 18.2 Å². The van der Waals surface area contributed by atoms with Crippen LogP contribution in [0, 0.1) is 22.0 Å². The molecule has 1 amide bonds. The van der Waals surface area contributed by atoms with Gasteiger partial charge in [-0.25, -0.2) is 0 Å². The van der Waals surface area contributed by atoms with Gasteiger partial charge >= 0.3 is 0 Å². The van der Waals surface area contributed by atoms with E-state index < -0.39 is 4.92 Å². The Morgan fingerprint density at radius 2 is 2.00 bits per heavy atom. The second-order valence-electron chi connectivity index (χ2n) is 5.69. The number of rotatable bonds is 4. The summed E-state index contributed by atoms with van der Waals surface area (Å²) in [5.41, 5.74) is 0.182. The maximum Gasteiger partial charge on any atom is 0.292 e. The number of hydrogen-bond donors (Lipinski definition) is 2. The summed E-state index contributed by atoms with van der Waals surface area (Å²) in [5.74, 6) is 1.06. The lowest BCUT2D eigenvalue weighted by Crippen LogP contribution is -2.33. The molecule has 1 aromatic carbocycles. The number of fused-ring (bicyclic) bond motifs is 1. The number of amides is 1. The van der Waals surface area contributed by atoms with Crippen LogP contribution in [-0.2, 0) is 4.79 Å². The standard InChI is InChI=1S/C14H18N4O3/c19-14(9-17-7-10-5-15-6-11(10)8-17)16-12-3-1-2-4-13(12)18(20)21/h1-4,10-11,15H,5-9H2,(H,16,19)/t10-,11+. The molecule has 21 heavy (non-hydrogen) atoms. The van der Waals surface area contributed by atoms with Gasteiger partial charge in [0, 0.05) is 19.2 Å². The lowest BCUT2D eigenvalue weighted by Gasteiger charge is -2.16. The lowest BCUT2D eigenvalue weighted by atomic mass is 10.0. The van der Waals surface area contributed by atoms with Crippen LogP contribution < -0.4 is 10.6 Å². The van der Waals surface area contributed by atoms with Gasteiger partial charge in [0.05, 0.1) is 11.5 Å². The molecule has 7 nitrogen and oxygen atoms in total. The minimum Gasteiger partial charge on any atom is -0.319 e. The van der Waals surface area contributed by atoms with Crippen LogP contribution in [0.4, 0.5) is 11.4 Å². The number of nitrogens with zero attached hydrogens (tertiary/aromatic N) is 2. The SMILES string of the molecule is O=C(CN1C[C@H]2CNC[C@H]2C1)Nc1ccccc1[N+](=O)[O-]. The van der Waals surface area contributed by atoms with Gasteiger partial charge in [-0.05, 0) is 31.0 Å². The Morgan fingerprint density at radius 1 is 1.33 bits per heavy atom. The fourth-order valence-electron chi connectivity index (χ4n) is 3.21. The zero-order chi connectivity index (χ0) is 14.8. The van der Waals surface area contributed by atoms with Gasteiger partial charge in [-0.1, -0.05) is 12.1 Å². The van der Waals surface area contributed by atoms with Crippen molar-refractivity contribution in [1.82, 2.24) is 10.2 Å². The van der Waals surface area contributed by atoms with E-state index in [1.807, 2.05) is 0 Å². The van der Waals surface area contributed by atoms with Gasteiger partial charge in [0.25, 0.3) is 5.69 Å². The molecule has 0 saturated carbocycles. The smallest absolute Gasteiger partial charge is 0.292 e. The molecule has 0 bridgehead atoms. The van der Waals surface area contributed by atoms with E-state index in [0.717, 1.165) is 26.2 Å². The van der Waals surface area contributed by atoms with Gasteiger partial charge in [-0.3, -0.25) is 19.8 Å². The predicted molar refractivity (Wildman–Crippen MR) is 78.0 cm³/mol. The molecule has 2 atom stereocenters. The van der Waals surface area contributed by atoms with Crippen molar-refractivity contribution >= 4 is 17.3 Å². The molecule has 0 radical (unpaired) electrons. The molecule has 2 aliphatic rings. The van der Waals surface area contributed by atoms with Crippen LogP contribution in [0.5, 0.6) is 0 Å². The monoisotopic (exact) mass is 290 g/mol. The highest BCUT2D eigenvalue weighted by molar-refractivity contribution is 5.94. The summed E-state index contributed by atoms with van der Waals surface area (Å²) in [6.07, 6.45) is 0. The van der Waals surface area contributed by atoms with E-state index in [4.69, 9.17) is 0 Å². The zero-order valence-electron chi connectivity index (χ0n) is 11.6. The fraction of sp³-hybridized carbons (Fsp3) is 0.500. The molecular weight excluding hydrogens is 272 g/mol. The average Bonchev–Trinajstić information content (AvgIpc) is 2.99. The molecule has 2 heterocycles. The first kappa shape index (κ1) is 14.0. The average molecular weight is 290 g/mol. The largest absolute Gasteiger partial charge is 0.319 e. The highest BCUT2D eigenvalue weighted by Crippen LogP contribution is 2.26. The maximum atomic E-state index is 12.1. The normalized spacial score (nSPS) is 24.8. The van der Waals surface area contributed by atoms with E-state index >= 15 is 0 Å². The highest BCUT2D eigenvalue weighted by atomic mass is 16.6. The van der Waals surface area contributed by atoms with Crippen molar-refractivity contribution < 1.29 is 9.72 Å². The van der Waals surface area contributed by atoms with Crippen LogP contribution in [0.2, 0.25) is 0 Å². The zero-order valence-corrected chi connectivity index (χ0v) is 11.6. The summed E-state index contributed by atoms with van der Waals surface area (Å²) in [6.45, 7) is 4.17. The number of carbonyl (C=O) groups is 1. The summed E-state index contributed by atoms with van der Waals surface area (Å²) in [7, 11) is 0. The molecule has 2 saturated heterocycles. The molecule has 0 aliphatic carbocycles. The van der Waals surface area contributed by atoms with Crippen molar-refractivity contribution in [3.05, 3.63) is 34.4 Å². The quantitative estimate of drug-likeness (QED) is 0.629. The molecule has 0 aromatic heterocycles. The molecule has 3 rings (SSSR count). The highest BCUT2D eigenvalue weighted by Gasteiger charge is 2.36. The Kier molecular flexibility index (Phi) is 3.85. The summed E-state index contributed by atoms with van der Waals surface area (Å²) in [4.78, 5) is 24.6. The van der Waals surface area contributed by atoms with Gasteiger partial charge in [0.2, 0.25) is 5.91 Å². The molecule has 2 fully saturated rings. The van der Waals surface area contributed by atoms with Crippen molar-refractivity contribution in [1.29, 1.82) is 0 Å². The predicted octanol–water partition coefficient (Wildman–Crippen LogP) is 0.684. The molecule has 0 spiro atoms. The third kappa shape index (κ3) is 3.03. The first-order valence-electron chi connectivity index (χ1n) is 7.10. The third-order valence-electron chi connectivity index (χ3n) is 4.21. The number of likely N-dealkylation sites (tertiary alicyclic amines) is 1. The van der Waals surface area contributed by atoms with E-state index in [2.05, 4.69) is 15.5 Å². The van der Waals surface area contributed by atoms with Crippen molar-refractivity contribution in [3.63, 3.8) is 0 Å². The summed E-state index contributed by atoms with van der Waals surface area (Å²) < 4.78 is 0. The fourth-order valence-corrected chi connectivity index (χ4v) is 3.21. The Labute approximate surface area is 122 Å². The van der Waals surface area contributed by atoms with Crippen LogP contribution >= 0.6 is 0 Å². The number of nitro benzene ring substituents is 1. The van der Waals surface area contributed by atoms with E-state index in [-0.39, 0.29) is 17.3 Å². The van der Waals surface area contributed by atoms with Gasteiger partial charge in [0.15, 0.2) is 0 Å². The molecule has 2 aliphatic heterocycles. The van der Waals surface area contributed by atoms with E-state index in [9.17, 15) is 14.9 Å². The summed E-state index contributed by atoms with van der Waals surface area (Å²) in [6, 6.07) is 6.21. The third-order valence-corrected chi connectivity index (χ3v) is 4.21. The number of carbonyl (C=O) groups excluding carboxylic acids is 1. The molecular formula is C14H18N4O3. The Bertz CT molecular complexity index is 551. The lowest BCUT2D eigenvalue weighted by molar-refractivity contribution is -0.383. The number of anilines is 1. The van der Waals surface area contributed by atoms with Crippen molar-refractivity contribution in [3.8, 4) is 0 Å². The van der Waals surface area contributed by atoms with Crippen LogP contribution in [0.15, 0.2) is 24.3 Å². The molecule has 0 unspecified atom stereocenters. The Balaban J connectivity index is 1.59. The molecule has 7 heteroatoms. The molecule has 1 aromatic rings. The first-order chi connectivity index (χ1) is 10.1. The number of para-hydroxylation sites is 2. The molecule has 112 valence electrons. The van der Waals surface area contributed by atoms with E-state index in [1.165, 1.54) is 6.07 Å². The van der Waals surface area contributed by atoms with Gasteiger partial charge in [0.1, 0.15) is 5.69 Å². The van der Waals surface area contributed by atoms with Gasteiger partial charge < -0.3 is 10.6 Å². The van der Waals surface area contributed by atoms with Crippen molar-refractivity contribution in [2.75, 3.05) is 38.0 Å². The van der Waals surface area contributed by atoms with Crippen molar-refractivity contribution in [2.45, 2.75) is 0 Å².